The Morgan fingerprint density at radius 3 is 2.63 bits per heavy atom. The zero-order valence-corrected chi connectivity index (χ0v) is 13.6. The molecule has 1 aromatic rings. The quantitative estimate of drug-likeness (QED) is 0.780. The van der Waals surface area contributed by atoms with Crippen molar-refractivity contribution in [2.75, 3.05) is 26.2 Å². The Morgan fingerprint density at radius 1 is 1.32 bits per heavy atom. The van der Waals surface area contributed by atoms with E-state index in [0.29, 0.717) is 18.3 Å². The van der Waals surface area contributed by atoms with Gasteiger partial charge < -0.3 is 10.2 Å². The molecular weight excluding hydrogens is 375 g/mol. The van der Waals surface area contributed by atoms with E-state index < -0.39 is 0 Å². The highest BCUT2D eigenvalue weighted by molar-refractivity contribution is 14.1. The van der Waals surface area contributed by atoms with Gasteiger partial charge >= 0.3 is 0 Å². The molecule has 2 fully saturated rings. The number of carbonyl (C=O) groups excluding carboxylic acids is 1. The molecule has 104 valence electrons. The second-order valence-corrected chi connectivity index (χ2v) is 6.53. The van der Waals surface area contributed by atoms with Gasteiger partial charge in [-0.15, -0.1) is 12.4 Å². The fraction of sp³-hybridized carbons (Fsp3) is 0.500. The number of halogens is 2. The van der Waals surface area contributed by atoms with E-state index in [0.717, 1.165) is 31.7 Å². The molecule has 1 aromatic carbocycles. The molecular formula is C14H18ClIN2O. The Labute approximate surface area is 133 Å². The lowest BCUT2D eigenvalue weighted by molar-refractivity contribution is -0.129. The zero-order chi connectivity index (χ0) is 12.5. The highest BCUT2D eigenvalue weighted by Gasteiger charge is 2.37. The number of carbonyl (C=O) groups is 1. The van der Waals surface area contributed by atoms with Crippen molar-refractivity contribution in [2.24, 2.45) is 11.8 Å². The van der Waals surface area contributed by atoms with Crippen molar-refractivity contribution in [1.29, 1.82) is 0 Å². The van der Waals surface area contributed by atoms with Crippen LogP contribution in [0.25, 0.3) is 0 Å². The Kier molecular flexibility index (Phi) is 5.09. The first kappa shape index (κ1) is 15.1. The van der Waals surface area contributed by atoms with Crippen molar-refractivity contribution in [3.63, 3.8) is 0 Å². The first-order chi connectivity index (χ1) is 8.72. The Bertz CT molecular complexity index is 457. The summed E-state index contributed by atoms with van der Waals surface area (Å²) in [6.45, 7) is 4.05. The van der Waals surface area contributed by atoms with E-state index in [2.05, 4.69) is 44.9 Å². The predicted molar refractivity (Wildman–Crippen MR) is 86.5 cm³/mol. The van der Waals surface area contributed by atoms with Crippen LogP contribution in [0.3, 0.4) is 0 Å². The van der Waals surface area contributed by atoms with Crippen molar-refractivity contribution >= 4 is 40.9 Å². The summed E-state index contributed by atoms with van der Waals surface area (Å²) in [5.74, 6) is 1.65. The van der Waals surface area contributed by atoms with Crippen LogP contribution >= 0.6 is 35.0 Å². The van der Waals surface area contributed by atoms with Gasteiger partial charge in [-0.2, -0.15) is 0 Å². The molecule has 0 bridgehead atoms. The molecule has 2 heterocycles. The van der Waals surface area contributed by atoms with Crippen LogP contribution in [0, 0.1) is 15.4 Å². The lowest BCUT2D eigenvalue weighted by Crippen LogP contribution is -2.32. The van der Waals surface area contributed by atoms with Gasteiger partial charge in [0.1, 0.15) is 0 Å². The Morgan fingerprint density at radius 2 is 2.00 bits per heavy atom. The van der Waals surface area contributed by atoms with Crippen LogP contribution in [0.5, 0.6) is 0 Å². The second-order valence-electron chi connectivity index (χ2n) is 5.28. The lowest BCUT2D eigenvalue weighted by Gasteiger charge is -2.17. The number of nitrogens with zero attached hydrogens (tertiary/aromatic N) is 1. The number of likely N-dealkylation sites (tertiary alicyclic amines) is 1. The van der Waals surface area contributed by atoms with E-state index in [1.54, 1.807) is 0 Å². The van der Waals surface area contributed by atoms with Gasteiger partial charge in [0.15, 0.2) is 0 Å². The molecule has 0 spiro atoms. The molecule has 0 radical (unpaired) electrons. The molecule has 1 N–H and O–H groups in total. The molecule has 1 amide bonds. The minimum absolute atomic E-state index is 0. The zero-order valence-electron chi connectivity index (χ0n) is 10.6. The largest absolute Gasteiger partial charge is 0.342 e. The second kappa shape index (κ2) is 6.41. The highest BCUT2D eigenvalue weighted by Crippen LogP contribution is 2.26. The summed E-state index contributed by atoms with van der Waals surface area (Å²) in [5.41, 5.74) is 1.13. The molecule has 0 aliphatic carbocycles. The van der Waals surface area contributed by atoms with Gasteiger partial charge in [0.05, 0.1) is 6.42 Å². The smallest absolute Gasteiger partial charge is 0.227 e. The summed E-state index contributed by atoms with van der Waals surface area (Å²) < 4.78 is 1.19. The number of fused-ring (bicyclic) bond motifs is 1. The predicted octanol–water partition coefficient (Wildman–Crippen LogP) is 1.93. The number of hydrogen-bond donors (Lipinski definition) is 1. The van der Waals surface area contributed by atoms with Crippen molar-refractivity contribution in [3.05, 3.63) is 33.4 Å². The maximum Gasteiger partial charge on any atom is 0.227 e. The van der Waals surface area contributed by atoms with Crippen molar-refractivity contribution in [2.45, 2.75) is 6.42 Å². The normalized spacial score (nSPS) is 25.0. The van der Waals surface area contributed by atoms with Crippen LogP contribution in [-0.2, 0) is 11.2 Å². The number of rotatable bonds is 2. The molecule has 0 unspecified atom stereocenters. The number of nitrogens with one attached hydrogen (secondary N) is 1. The summed E-state index contributed by atoms with van der Waals surface area (Å²) >= 11 is 2.29. The molecule has 2 aliphatic rings. The average molecular weight is 393 g/mol. The monoisotopic (exact) mass is 392 g/mol. The van der Waals surface area contributed by atoms with Gasteiger partial charge in [-0.05, 0) is 52.1 Å². The van der Waals surface area contributed by atoms with Crippen molar-refractivity contribution < 1.29 is 4.79 Å². The highest BCUT2D eigenvalue weighted by atomic mass is 127. The molecule has 2 atom stereocenters. The number of hydrogen-bond acceptors (Lipinski definition) is 2. The van der Waals surface area contributed by atoms with Gasteiger partial charge in [0.25, 0.3) is 0 Å². The fourth-order valence-electron chi connectivity index (χ4n) is 2.99. The van der Waals surface area contributed by atoms with Crippen LogP contribution in [0.4, 0.5) is 0 Å². The third-order valence-electron chi connectivity index (χ3n) is 3.99. The van der Waals surface area contributed by atoms with E-state index in [1.165, 1.54) is 3.57 Å². The first-order valence-corrected chi connectivity index (χ1v) is 7.53. The van der Waals surface area contributed by atoms with Gasteiger partial charge in [-0.1, -0.05) is 12.1 Å². The van der Waals surface area contributed by atoms with Crippen molar-refractivity contribution in [3.8, 4) is 0 Å². The van der Waals surface area contributed by atoms with Crippen LogP contribution in [0.15, 0.2) is 24.3 Å². The standard InChI is InChI=1S/C14H17IN2O.ClH/c15-13-3-1-2-10(4-13)5-14(18)17-8-11-6-16-7-12(11)9-17;/h1-4,11-12,16H,5-9H2;1H/t11-,12+;. The number of benzene rings is 1. The molecule has 0 saturated carbocycles. The van der Waals surface area contributed by atoms with Crippen LogP contribution < -0.4 is 5.32 Å². The van der Waals surface area contributed by atoms with E-state index in [9.17, 15) is 4.79 Å². The molecule has 2 aliphatic heterocycles. The average Bonchev–Trinajstić information content (AvgIpc) is 2.88. The van der Waals surface area contributed by atoms with E-state index >= 15 is 0 Å². The van der Waals surface area contributed by atoms with Crippen LogP contribution in [0.1, 0.15) is 5.56 Å². The van der Waals surface area contributed by atoms with Gasteiger partial charge in [-0.25, -0.2) is 0 Å². The summed E-state index contributed by atoms with van der Waals surface area (Å²) in [6.07, 6.45) is 0.545. The fourth-order valence-corrected chi connectivity index (χ4v) is 3.60. The van der Waals surface area contributed by atoms with Gasteiger partial charge in [0, 0.05) is 29.7 Å². The summed E-state index contributed by atoms with van der Waals surface area (Å²) in [7, 11) is 0. The van der Waals surface area contributed by atoms with Gasteiger partial charge in [-0.3, -0.25) is 4.79 Å². The van der Waals surface area contributed by atoms with E-state index in [-0.39, 0.29) is 18.3 Å². The maximum atomic E-state index is 12.3. The van der Waals surface area contributed by atoms with Gasteiger partial charge in [0.2, 0.25) is 5.91 Å². The SMILES string of the molecule is Cl.O=C(Cc1cccc(I)c1)N1C[C@H]2CNC[C@H]2C1. The van der Waals surface area contributed by atoms with E-state index in [4.69, 9.17) is 0 Å². The minimum Gasteiger partial charge on any atom is -0.342 e. The molecule has 2 saturated heterocycles. The van der Waals surface area contributed by atoms with Crippen molar-refractivity contribution in [1.82, 2.24) is 10.2 Å². The topological polar surface area (TPSA) is 32.3 Å². The van der Waals surface area contributed by atoms with Crippen LogP contribution in [0.2, 0.25) is 0 Å². The third-order valence-corrected chi connectivity index (χ3v) is 4.66. The molecule has 19 heavy (non-hydrogen) atoms. The maximum absolute atomic E-state index is 12.3. The number of amides is 1. The molecule has 5 heteroatoms. The van der Waals surface area contributed by atoms with E-state index in [1.807, 2.05) is 12.1 Å². The summed E-state index contributed by atoms with van der Waals surface area (Å²) in [5, 5.41) is 3.40. The molecule has 3 nitrogen and oxygen atoms in total. The summed E-state index contributed by atoms with van der Waals surface area (Å²) in [4.78, 5) is 14.3. The third kappa shape index (κ3) is 3.41. The first-order valence-electron chi connectivity index (χ1n) is 6.45. The molecule has 3 rings (SSSR count). The van der Waals surface area contributed by atoms with Crippen LogP contribution in [-0.4, -0.2) is 37.0 Å². The molecule has 0 aromatic heterocycles. The lowest BCUT2D eigenvalue weighted by atomic mass is 10.0. The Hall–Kier alpha value is -0.330. The Balaban J connectivity index is 0.00000133. The minimum atomic E-state index is 0. The summed E-state index contributed by atoms with van der Waals surface area (Å²) in [6, 6.07) is 8.21.